The van der Waals surface area contributed by atoms with E-state index in [0.29, 0.717) is 12.1 Å². The third kappa shape index (κ3) is 3.83. The maximum absolute atomic E-state index is 3.70. The van der Waals surface area contributed by atoms with Crippen LogP contribution in [0.15, 0.2) is 30.3 Å². The van der Waals surface area contributed by atoms with Crippen molar-refractivity contribution in [3.05, 3.63) is 35.9 Å². The molecule has 0 saturated carbocycles. The van der Waals surface area contributed by atoms with E-state index in [9.17, 15) is 0 Å². The molecule has 20 heavy (non-hydrogen) atoms. The second kappa shape index (κ2) is 6.28. The molecule has 1 aliphatic rings. The average Bonchev–Trinajstić information content (AvgIpc) is 2.38. The molecule has 2 rings (SSSR count). The molecule has 0 aliphatic carbocycles. The van der Waals surface area contributed by atoms with Gasteiger partial charge < -0.3 is 5.32 Å². The normalized spacial score (nSPS) is 24.8. The second-order valence-electron chi connectivity index (χ2n) is 7.34. The Morgan fingerprint density at radius 3 is 2.45 bits per heavy atom. The van der Waals surface area contributed by atoms with E-state index in [4.69, 9.17) is 0 Å². The summed E-state index contributed by atoms with van der Waals surface area (Å²) in [5.41, 5.74) is 1.64. The lowest BCUT2D eigenvalue weighted by atomic mass is 9.91. The lowest BCUT2D eigenvalue weighted by Crippen LogP contribution is -2.60. The minimum absolute atomic E-state index is 0.205. The molecular weight excluding hydrogens is 244 g/mol. The molecule has 1 aliphatic heterocycles. The van der Waals surface area contributed by atoms with Crippen LogP contribution in [-0.2, 0) is 0 Å². The summed E-state index contributed by atoms with van der Waals surface area (Å²) in [6.07, 6.45) is 1.26. The molecule has 2 atom stereocenters. The molecule has 2 nitrogen and oxygen atoms in total. The van der Waals surface area contributed by atoms with Crippen molar-refractivity contribution < 1.29 is 0 Å². The molecule has 0 radical (unpaired) electrons. The molecule has 2 heteroatoms. The van der Waals surface area contributed by atoms with Crippen LogP contribution < -0.4 is 5.32 Å². The van der Waals surface area contributed by atoms with Crippen LogP contribution in [-0.4, -0.2) is 29.6 Å². The minimum atomic E-state index is 0.205. The van der Waals surface area contributed by atoms with E-state index in [1.54, 1.807) is 0 Å². The van der Waals surface area contributed by atoms with Gasteiger partial charge in [0.05, 0.1) is 0 Å². The van der Waals surface area contributed by atoms with Crippen molar-refractivity contribution in [1.29, 1.82) is 0 Å². The molecule has 1 fully saturated rings. The van der Waals surface area contributed by atoms with Gasteiger partial charge in [0.15, 0.2) is 0 Å². The molecule has 1 aromatic rings. The molecule has 1 heterocycles. The fourth-order valence-electron chi connectivity index (χ4n) is 3.38. The van der Waals surface area contributed by atoms with Crippen LogP contribution in [0.25, 0.3) is 0 Å². The highest BCUT2D eigenvalue weighted by atomic mass is 15.3. The van der Waals surface area contributed by atoms with Gasteiger partial charge in [-0.15, -0.1) is 0 Å². The van der Waals surface area contributed by atoms with Crippen LogP contribution >= 0.6 is 0 Å². The van der Waals surface area contributed by atoms with Crippen molar-refractivity contribution >= 4 is 0 Å². The van der Waals surface area contributed by atoms with E-state index in [2.05, 4.69) is 75.2 Å². The van der Waals surface area contributed by atoms with Gasteiger partial charge in [0.1, 0.15) is 0 Å². The molecule has 112 valence electrons. The van der Waals surface area contributed by atoms with Gasteiger partial charge in [-0.1, -0.05) is 44.2 Å². The highest BCUT2D eigenvalue weighted by Crippen LogP contribution is 2.30. The van der Waals surface area contributed by atoms with E-state index < -0.39 is 0 Å². The number of piperazine rings is 1. The van der Waals surface area contributed by atoms with Crippen LogP contribution in [0.2, 0.25) is 0 Å². The zero-order chi connectivity index (χ0) is 14.8. The molecule has 0 amide bonds. The third-order valence-electron chi connectivity index (χ3n) is 4.32. The van der Waals surface area contributed by atoms with E-state index in [0.717, 1.165) is 19.0 Å². The molecule has 2 unspecified atom stereocenters. The van der Waals surface area contributed by atoms with Crippen LogP contribution in [0.4, 0.5) is 0 Å². The summed E-state index contributed by atoms with van der Waals surface area (Å²) in [4.78, 5) is 2.70. The van der Waals surface area contributed by atoms with Gasteiger partial charge >= 0.3 is 0 Å². The van der Waals surface area contributed by atoms with E-state index in [1.807, 2.05) is 0 Å². The molecule has 0 bridgehead atoms. The minimum Gasteiger partial charge on any atom is -0.309 e. The van der Waals surface area contributed by atoms with Gasteiger partial charge in [0, 0.05) is 30.7 Å². The van der Waals surface area contributed by atoms with Crippen molar-refractivity contribution in [1.82, 2.24) is 10.2 Å². The fraction of sp³-hybridized carbons (Fsp3) is 0.667. The Kier molecular flexibility index (Phi) is 4.87. The van der Waals surface area contributed by atoms with Crippen LogP contribution in [0, 0.1) is 5.92 Å². The first-order valence-corrected chi connectivity index (χ1v) is 7.95. The predicted molar refractivity (Wildman–Crippen MR) is 86.9 cm³/mol. The highest BCUT2D eigenvalue weighted by Gasteiger charge is 2.35. The Bertz CT molecular complexity index is 411. The van der Waals surface area contributed by atoms with E-state index >= 15 is 0 Å². The topological polar surface area (TPSA) is 15.3 Å². The Balaban J connectivity index is 2.20. The first-order valence-electron chi connectivity index (χ1n) is 7.95. The third-order valence-corrected chi connectivity index (χ3v) is 4.32. The van der Waals surface area contributed by atoms with Crippen molar-refractivity contribution in [2.75, 3.05) is 13.1 Å². The number of nitrogens with zero attached hydrogens (tertiary/aromatic N) is 1. The predicted octanol–water partition coefficient (Wildman–Crippen LogP) is 3.85. The van der Waals surface area contributed by atoms with Gasteiger partial charge in [0.25, 0.3) is 0 Å². The van der Waals surface area contributed by atoms with E-state index in [1.165, 1.54) is 12.0 Å². The number of rotatable bonds is 4. The largest absolute Gasteiger partial charge is 0.309 e. The quantitative estimate of drug-likeness (QED) is 0.897. The van der Waals surface area contributed by atoms with E-state index in [-0.39, 0.29) is 5.54 Å². The van der Waals surface area contributed by atoms with Gasteiger partial charge in [-0.2, -0.15) is 0 Å². The van der Waals surface area contributed by atoms with Gasteiger partial charge in [0.2, 0.25) is 0 Å². The summed E-state index contributed by atoms with van der Waals surface area (Å²) < 4.78 is 0. The first-order chi connectivity index (χ1) is 9.39. The Morgan fingerprint density at radius 1 is 1.20 bits per heavy atom. The zero-order valence-electron chi connectivity index (χ0n) is 13.7. The van der Waals surface area contributed by atoms with Crippen LogP contribution in [0.5, 0.6) is 0 Å². The van der Waals surface area contributed by atoms with Crippen molar-refractivity contribution in [2.24, 2.45) is 5.92 Å². The molecule has 0 spiro atoms. The Labute approximate surface area is 124 Å². The van der Waals surface area contributed by atoms with Crippen molar-refractivity contribution in [3.8, 4) is 0 Å². The number of benzene rings is 1. The second-order valence-corrected chi connectivity index (χ2v) is 7.34. The first kappa shape index (κ1) is 15.5. The number of nitrogens with one attached hydrogen (secondary N) is 1. The number of hydrogen-bond acceptors (Lipinski definition) is 2. The summed E-state index contributed by atoms with van der Waals surface area (Å²) in [5.74, 6) is 0.749. The van der Waals surface area contributed by atoms with Gasteiger partial charge in [-0.05, 0) is 38.7 Å². The molecule has 1 aromatic carbocycles. The molecule has 1 saturated heterocycles. The summed E-state index contributed by atoms with van der Waals surface area (Å²) in [5, 5.41) is 3.70. The molecule has 0 aromatic heterocycles. The van der Waals surface area contributed by atoms with Crippen LogP contribution in [0.1, 0.15) is 52.6 Å². The fourth-order valence-corrected chi connectivity index (χ4v) is 3.38. The maximum Gasteiger partial charge on any atom is 0.0476 e. The Morgan fingerprint density at radius 2 is 1.85 bits per heavy atom. The lowest BCUT2D eigenvalue weighted by Gasteiger charge is -2.48. The standard InChI is InChI=1S/C18H30N2/c1-14(2)11-15(3)20-13-18(4,5)19-12-17(20)16-9-7-6-8-10-16/h6-10,14-15,17,19H,11-13H2,1-5H3. The number of hydrogen-bond donors (Lipinski definition) is 1. The maximum atomic E-state index is 3.70. The van der Waals surface area contributed by atoms with Crippen LogP contribution in [0.3, 0.4) is 0 Å². The molecular formula is C18H30N2. The SMILES string of the molecule is CC(C)CC(C)N1CC(C)(C)NCC1c1ccccc1. The summed E-state index contributed by atoms with van der Waals surface area (Å²) in [6, 6.07) is 12.1. The van der Waals surface area contributed by atoms with Crippen molar-refractivity contribution in [2.45, 2.75) is 58.7 Å². The summed E-state index contributed by atoms with van der Waals surface area (Å²) in [6.45, 7) is 13.8. The van der Waals surface area contributed by atoms with Crippen molar-refractivity contribution in [3.63, 3.8) is 0 Å². The summed E-state index contributed by atoms with van der Waals surface area (Å²) >= 11 is 0. The van der Waals surface area contributed by atoms with Gasteiger partial charge in [-0.3, -0.25) is 4.90 Å². The average molecular weight is 274 g/mol. The monoisotopic (exact) mass is 274 g/mol. The zero-order valence-corrected chi connectivity index (χ0v) is 13.7. The highest BCUT2D eigenvalue weighted by molar-refractivity contribution is 5.21. The summed E-state index contributed by atoms with van der Waals surface area (Å²) in [7, 11) is 0. The Hall–Kier alpha value is -0.860. The smallest absolute Gasteiger partial charge is 0.0476 e. The van der Waals surface area contributed by atoms with Gasteiger partial charge in [-0.25, -0.2) is 0 Å². The molecule has 1 N–H and O–H groups in total. The lowest BCUT2D eigenvalue weighted by molar-refractivity contribution is 0.0516.